The standard InChI is InChI=1S/C24H25N7O5S3/c1-30(2)39(34,35)17-10-8-16(9-11-17)22(33)26-14-20-28-29-24(31(20)18-6-4-5-7-19(18)36-3)38-15-21(32)27-23-25-12-13-37-23/h4-13H,14-15H2,1-3H3,(H,26,33)(H,25,27,32). The maximum atomic E-state index is 12.8. The van der Waals surface area contributed by atoms with Crippen LogP contribution in [0.5, 0.6) is 5.75 Å². The van der Waals surface area contributed by atoms with Gasteiger partial charge in [0.1, 0.15) is 5.75 Å². The molecule has 15 heteroatoms. The number of carbonyl (C=O) groups is 2. The third kappa shape index (κ3) is 6.62. The molecule has 2 aromatic heterocycles. The van der Waals surface area contributed by atoms with E-state index in [9.17, 15) is 18.0 Å². The van der Waals surface area contributed by atoms with Gasteiger partial charge in [0.25, 0.3) is 5.91 Å². The Kier molecular flexibility index (Phi) is 8.96. The van der Waals surface area contributed by atoms with Crippen LogP contribution in [0.1, 0.15) is 16.2 Å². The summed E-state index contributed by atoms with van der Waals surface area (Å²) in [6, 6.07) is 12.9. The molecule has 0 radical (unpaired) electrons. The number of carbonyl (C=O) groups excluding carboxylic acids is 2. The van der Waals surface area contributed by atoms with Crippen LogP contribution in [0, 0.1) is 0 Å². The summed E-state index contributed by atoms with van der Waals surface area (Å²) >= 11 is 2.49. The minimum atomic E-state index is -3.61. The normalized spacial score (nSPS) is 11.4. The second-order valence-electron chi connectivity index (χ2n) is 8.07. The topological polar surface area (TPSA) is 148 Å². The van der Waals surface area contributed by atoms with E-state index in [1.807, 2.05) is 18.2 Å². The number of methoxy groups -OCH3 is 1. The van der Waals surface area contributed by atoms with Crippen molar-refractivity contribution in [3.8, 4) is 11.4 Å². The molecule has 12 nitrogen and oxygen atoms in total. The van der Waals surface area contributed by atoms with Crippen LogP contribution >= 0.6 is 23.1 Å². The number of sulfonamides is 1. The van der Waals surface area contributed by atoms with E-state index in [-0.39, 0.29) is 28.7 Å². The minimum absolute atomic E-state index is 0.00744. The number of para-hydroxylation sites is 2. The van der Waals surface area contributed by atoms with Gasteiger partial charge in [0, 0.05) is 31.2 Å². The maximum Gasteiger partial charge on any atom is 0.251 e. The van der Waals surface area contributed by atoms with Crippen molar-refractivity contribution in [2.75, 3.05) is 32.3 Å². The number of nitrogens with one attached hydrogen (secondary N) is 2. The van der Waals surface area contributed by atoms with Crippen molar-refractivity contribution in [2.24, 2.45) is 0 Å². The number of rotatable bonds is 11. The number of thioether (sulfide) groups is 1. The summed E-state index contributed by atoms with van der Waals surface area (Å²) in [5.74, 6) is 0.343. The summed E-state index contributed by atoms with van der Waals surface area (Å²) in [4.78, 5) is 29.4. The first-order valence-corrected chi connectivity index (χ1v) is 14.7. The van der Waals surface area contributed by atoms with Crippen LogP contribution in [0.3, 0.4) is 0 Å². The Labute approximate surface area is 233 Å². The van der Waals surface area contributed by atoms with Gasteiger partial charge in [-0.25, -0.2) is 17.7 Å². The molecular formula is C24H25N7O5S3. The molecule has 4 rings (SSSR count). The highest BCUT2D eigenvalue weighted by atomic mass is 32.2. The van der Waals surface area contributed by atoms with E-state index >= 15 is 0 Å². The van der Waals surface area contributed by atoms with Crippen LogP contribution in [0.25, 0.3) is 5.69 Å². The molecule has 2 aromatic carbocycles. The van der Waals surface area contributed by atoms with E-state index in [2.05, 4.69) is 25.8 Å². The molecule has 0 atom stereocenters. The fraction of sp³-hybridized carbons (Fsp3) is 0.208. The lowest BCUT2D eigenvalue weighted by atomic mass is 10.2. The van der Waals surface area contributed by atoms with E-state index in [0.29, 0.717) is 27.5 Å². The number of amides is 2. The molecule has 2 N–H and O–H groups in total. The summed E-state index contributed by atoms with van der Waals surface area (Å²) < 4.78 is 32.9. The zero-order valence-corrected chi connectivity index (χ0v) is 23.6. The number of aromatic nitrogens is 4. The SMILES string of the molecule is COc1ccccc1-n1c(CNC(=O)c2ccc(S(=O)(=O)N(C)C)cc2)nnc1SCC(=O)Nc1nccs1. The molecule has 0 bridgehead atoms. The first kappa shape index (κ1) is 28.2. The second kappa shape index (κ2) is 12.4. The molecule has 4 aromatic rings. The Morgan fingerprint density at radius 2 is 1.85 bits per heavy atom. The lowest BCUT2D eigenvalue weighted by Crippen LogP contribution is -2.25. The quantitative estimate of drug-likeness (QED) is 0.253. The summed E-state index contributed by atoms with van der Waals surface area (Å²) in [6.07, 6.45) is 1.60. The van der Waals surface area contributed by atoms with Crippen molar-refractivity contribution in [3.63, 3.8) is 0 Å². The number of hydrogen-bond acceptors (Lipinski definition) is 10. The van der Waals surface area contributed by atoms with Gasteiger partial charge >= 0.3 is 0 Å². The molecule has 2 amide bonds. The highest BCUT2D eigenvalue weighted by Gasteiger charge is 2.21. The van der Waals surface area contributed by atoms with E-state index < -0.39 is 15.9 Å². The molecule has 0 saturated carbocycles. The largest absolute Gasteiger partial charge is 0.495 e. The van der Waals surface area contributed by atoms with Gasteiger partial charge in [-0.2, -0.15) is 0 Å². The van der Waals surface area contributed by atoms with Crippen LogP contribution in [0.15, 0.2) is 70.2 Å². The zero-order valence-electron chi connectivity index (χ0n) is 21.2. The molecule has 2 heterocycles. The van der Waals surface area contributed by atoms with Crippen molar-refractivity contribution in [1.82, 2.24) is 29.4 Å². The van der Waals surface area contributed by atoms with Crippen molar-refractivity contribution in [1.29, 1.82) is 0 Å². The molecule has 0 fully saturated rings. The van der Waals surface area contributed by atoms with Gasteiger partial charge in [0.05, 0.1) is 30.0 Å². The Balaban J connectivity index is 1.53. The molecule has 39 heavy (non-hydrogen) atoms. The van der Waals surface area contributed by atoms with Gasteiger partial charge in [0.15, 0.2) is 16.1 Å². The van der Waals surface area contributed by atoms with Crippen LogP contribution in [-0.4, -0.2) is 71.2 Å². The average molecular weight is 588 g/mol. The summed E-state index contributed by atoms with van der Waals surface area (Å²) in [7, 11) is 0.810. The van der Waals surface area contributed by atoms with Crippen LogP contribution in [-0.2, 0) is 21.4 Å². The van der Waals surface area contributed by atoms with Crippen LogP contribution in [0.4, 0.5) is 5.13 Å². The molecule has 0 aliphatic rings. The molecule has 0 aliphatic carbocycles. The predicted octanol–water partition coefficient (Wildman–Crippen LogP) is 2.64. The smallest absolute Gasteiger partial charge is 0.251 e. The number of nitrogens with zero attached hydrogens (tertiary/aromatic N) is 5. The summed E-state index contributed by atoms with van der Waals surface area (Å²) in [5.41, 5.74) is 0.917. The van der Waals surface area contributed by atoms with Gasteiger partial charge < -0.3 is 15.4 Å². The summed E-state index contributed by atoms with van der Waals surface area (Å²) in [6.45, 7) is 0.00744. The molecule has 0 unspecified atom stereocenters. The monoisotopic (exact) mass is 587 g/mol. The number of hydrogen-bond donors (Lipinski definition) is 2. The van der Waals surface area contributed by atoms with E-state index in [0.717, 1.165) is 4.31 Å². The van der Waals surface area contributed by atoms with Crippen molar-refractivity contribution < 1.29 is 22.7 Å². The third-order valence-corrected chi connectivity index (χ3v) is 8.79. The van der Waals surface area contributed by atoms with Gasteiger partial charge in [-0.1, -0.05) is 23.9 Å². The highest BCUT2D eigenvalue weighted by molar-refractivity contribution is 7.99. The summed E-state index contributed by atoms with van der Waals surface area (Å²) in [5, 5.41) is 16.7. The lowest BCUT2D eigenvalue weighted by molar-refractivity contribution is -0.113. The number of ether oxygens (including phenoxy) is 1. The third-order valence-electron chi connectivity index (χ3n) is 5.34. The maximum absolute atomic E-state index is 12.8. The predicted molar refractivity (Wildman–Crippen MR) is 148 cm³/mol. The number of benzene rings is 2. The van der Waals surface area contributed by atoms with Gasteiger partial charge in [-0.05, 0) is 36.4 Å². The molecular weight excluding hydrogens is 563 g/mol. The fourth-order valence-electron chi connectivity index (χ4n) is 3.39. The Morgan fingerprint density at radius 3 is 2.51 bits per heavy atom. The molecule has 0 aliphatic heterocycles. The minimum Gasteiger partial charge on any atom is -0.495 e. The highest BCUT2D eigenvalue weighted by Crippen LogP contribution is 2.29. The van der Waals surface area contributed by atoms with Gasteiger partial charge in [-0.3, -0.25) is 14.2 Å². The number of anilines is 1. The second-order valence-corrected chi connectivity index (χ2v) is 12.1. The van der Waals surface area contributed by atoms with Crippen LogP contribution < -0.4 is 15.4 Å². The first-order chi connectivity index (χ1) is 18.7. The van der Waals surface area contributed by atoms with Crippen LogP contribution in [0.2, 0.25) is 0 Å². The van der Waals surface area contributed by atoms with Crippen molar-refractivity contribution in [2.45, 2.75) is 16.6 Å². The van der Waals surface area contributed by atoms with Crippen molar-refractivity contribution in [3.05, 3.63) is 71.5 Å². The first-order valence-electron chi connectivity index (χ1n) is 11.4. The van der Waals surface area contributed by atoms with E-state index in [1.165, 1.54) is 61.5 Å². The van der Waals surface area contributed by atoms with E-state index in [4.69, 9.17) is 4.74 Å². The lowest BCUT2D eigenvalue weighted by Gasteiger charge is -2.14. The Bertz CT molecular complexity index is 1550. The fourth-order valence-corrected chi connectivity index (χ4v) is 5.60. The van der Waals surface area contributed by atoms with E-state index in [1.54, 1.807) is 29.3 Å². The van der Waals surface area contributed by atoms with Gasteiger partial charge in [-0.15, -0.1) is 21.5 Å². The number of thiazole rings is 1. The molecule has 0 saturated heterocycles. The van der Waals surface area contributed by atoms with Gasteiger partial charge in [0.2, 0.25) is 15.9 Å². The van der Waals surface area contributed by atoms with Crippen molar-refractivity contribution >= 4 is 50.1 Å². The molecule has 0 spiro atoms. The zero-order chi connectivity index (χ0) is 28.0. The average Bonchev–Trinajstić information content (AvgIpc) is 3.60. The Morgan fingerprint density at radius 1 is 1.10 bits per heavy atom. The Hall–Kier alpha value is -3.79. The molecule has 204 valence electrons.